The van der Waals surface area contributed by atoms with Crippen LogP contribution in [0.5, 0.6) is 0 Å². The van der Waals surface area contributed by atoms with Crippen molar-refractivity contribution in [3.63, 3.8) is 0 Å². The Kier molecular flexibility index (Phi) is 7.55. The molecule has 9 heteroatoms. The van der Waals surface area contributed by atoms with Gasteiger partial charge in [-0.2, -0.15) is 13.2 Å². The van der Waals surface area contributed by atoms with E-state index in [0.717, 1.165) is 23.3 Å². The molecule has 0 unspecified atom stereocenters. The second kappa shape index (κ2) is 10.6. The molecule has 34 heavy (non-hydrogen) atoms. The molecular weight excluding hydrogens is 451 g/mol. The molecule has 6 nitrogen and oxygen atoms in total. The summed E-state index contributed by atoms with van der Waals surface area (Å²) in [5.74, 6) is -0.516. The number of amides is 1. The zero-order valence-electron chi connectivity index (χ0n) is 18.5. The van der Waals surface area contributed by atoms with Crippen molar-refractivity contribution in [2.45, 2.75) is 38.0 Å². The largest absolute Gasteiger partial charge is 0.459 e. The van der Waals surface area contributed by atoms with Gasteiger partial charge in [0.25, 0.3) is 5.91 Å². The van der Waals surface area contributed by atoms with Gasteiger partial charge in [-0.05, 0) is 34.9 Å². The molecule has 0 saturated carbocycles. The fourth-order valence-corrected chi connectivity index (χ4v) is 3.91. The van der Waals surface area contributed by atoms with Crippen molar-refractivity contribution < 1.29 is 37.3 Å². The van der Waals surface area contributed by atoms with Crippen LogP contribution in [-0.2, 0) is 38.4 Å². The number of nitrogens with zero attached hydrogens (tertiary/aromatic N) is 1. The standard InChI is InChI=1S/C25H26F3NO5/c26-25(27,28)21-7-5-19(6-8-21)20-13-22(24(31)29-9-11-32-12-10-29)34-23(14-20)33-16-18-3-1-17(15-30)2-4-18/h1-8,13,20,23,30H,9-12,14-16H2/t20-,23+/m0/s1. The second-order valence-corrected chi connectivity index (χ2v) is 8.23. The number of morpholine rings is 1. The van der Waals surface area contributed by atoms with Gasteiger partial charge in [0, 0.05) is 25.4 Å². The van der Waals surface area contributed by atoms with Crippen LogP contribution < -0.4 is 0 Å². The van der Waals surface area contributed by atoms with E-state index in [1.54, 1.807) is 23.1 Å². The molecule has 2 atom stereocenters. The van der Waals surface area contributed by atoms with E-state index in [0.29, 0.717) is 38.3 Å². The molecule has 0 aliphatic carbocycles. The van der Waals surface area contributed by atoms with Crippen LogP contribution in [0.2, 0.25) is 0 Å². The fraction of sp³-hybridized carbons (Fsp3) is 0.400. The monoisotopic (exact) mass is 477 g/mol. The van der Waals surface area contributed by atoms with Crippen LogP contribution in [0.1, 0.15) is 34.6 Å². The number of carbonyl (C=O) groups excluding carboxylic acids is 1. The first-order chi connectivity index (χ1) is 16.3. The highest BCUT2D eigenvalue weighted by molar-refractivity contribution is 5.91. The number of carbonyl (C=O) groups is 1. The van der Waals surface area contributed by atoms with E-state index >= 15 is 0 Å². The summed E-state index contributed by atoms with van der Waals surface area (Å²) in [6, 6.07) is 12.2. The number of allylic oxidation sites excluding steroid dienone is 1. The Balaban J connectivity index is 1.52. The van der Waals surface area contributed by atoms with Crippen LogP contribution in [0.25, 0.3) is 0 Å². The summed E-state index contributed by atoms with van der Waals surface area (Å²) in [5, 5.41) is 9.19. The first-order valence-electron chi connectivity index (χ1n) is 11.1. The van der Waals surface area contributed by atoms with Gasteiger partial charge in [-0.1, -0.05) is 36.4 Å². The maximum atomic E-state index is 13.1. The predicted octanol–water partition coefficient (Wildman–Crippen LogP) is 3.99. The van der Waals surface area contributed by atoms with Crippen molar-refractivity contribution in [3.05, 3.63) is 82.6 Å². The number of aliphatic hydroxyl groups is 1. The molecule has 1 amide bonds. The first-order valence-corrected chi connectivity index (χ1v) is 11.1. The van der Waals surface area contributed by atoms with Gasteiger partial charge in [0.1, 0.15) is 0 Å². The van der Waals surface area contributed by atoms with Crippen LogP contribution in [0.3, 0.4) is 0 Å². The van der Waals surface area contributed by atoms with Crippen molar-refractivity contribution in [1.82, 2.24) is 4.90 Å². The highest BCUT2D eigenvalue weighted by Crippen LogP contribution is 2.35. The molecular formula is C25H26F3NO5. The zero-order valence-corrected chi connectivity index (χ0v) is 18.5. The van der Waals surface area contributed by atoms with Crippen LogP contribution in [-0.4, -0.2) is 48.5 Å². The van der Waals surface area contributed by atoms with Crippen molar-refractivity contribution >= 4 is 5.91 Å². The summed E-state index contributed by atoms with van der Waals surface area (Å²) in [4.78, 5) is 14.7. The first kappa shape index (κ1) is 24.3. The summed E-state index contributed by atoms with van der Waals surface area (Å²) in [6.45, 7) is 1.91. The minimum atomic E-state index is -4.42. The number of benzene rings is 2. The van der Waals surface area contributed by atoms with E-state index in [-0.39, 0.29) is 30.8 Å². The predicted molar refractivity (Wildman–Crippen MR) is 116 cm³/mol. The van der Waals surface area contributed by atoms with Crippen molar-refractivity contribution in [2.24, 2.45) is 0 Å². The van der Waals surface area contributed by atoms with E-state index in [4.69, 9.17) is 14.2 Å². The molecule has 0 spiro atoms. The summed E-state index contributed by atoms with van der Waals surface area (Å²) < 4.78 is 56.1. The maximum absolute atomic E-state index is 13.1. The fourth-order valence-electron chi connectivity index (χ4n) is 3.91. The molecule has 0 bridgehead atoms. The Labute approximate surface area is 195 Å². The van der Waals surface area contributed by atoms with Crippen molar-refractivity contribution in [3.8, 4) is 0 Å². The molecule has 1 fully saturated rings. The minimum Gasteiger partial charge on any atom is -0.459 e. The Bertz CT molecular complexity index is 999. The number of hydrogen-bond donors (Lipinski definition) is 1. The lowest BCUT2D eigenvalue weighted by atomic mass is 9.92. The van der Waals surface area contributed by atoms with Gasteiger partial charge in [-0.25, -0.2) is 0 Å². The lowest BCUT2D eigenvalue weighted by Crippen LogP contribution is -2.43. The Hall–Kier alpha value is -2.88. The van der Waals surface area contributed by atoms with E-state index in [9.17, 15) is 23.1 Å². The number of rotatable bonds is 6. The molecule has 2 aliphatic heterocycles. The van der Waals surface area contributed by atoms with E-state index in [1.807, 2.05) is 12.1 Å². The smallest absolute Gasteiger partial charge is 0.416 e. The summed E-state index contributed by atoms with van der Waals surface area (Å²) in [6.07, 6.45) is -3.16. The molecule has 1 saturated heterocycles. The lowest BCUT2D eigenvalue weighted by Gasteiger charge is -2.33. The van der Waals surface area contributed by atoms with E-state index in [1.165, 1.54) is 12.1 Å². The van der Waals surface area contributed by atoms with Crippen LogP contribution >= 0.6 is 0 Å². The average Bonchev–Trinajstić information content (AvgIpc) is 2.87. The lowest BCUT2D eigenvalue weighted by molar-refractivity contribution is -0.158. The Morgan fingerprint density at radius 3 is 2.29 bits per heavy atom. The maximum Gasteiger partial charge on any atom is 0.416 e. The van der Waals surface area contributed by atoms with Gasteiger partial charge < -0.3 is 24.2 Å². The third kappa shape index (κ3) is 5.97. The number of halogens is 3. The van der Waals surface area contributed by atoms with E-state index in [2.05, 4.69) is 0 Å². The van der Waals surface area contributed by atoms with Gasteiger partial charge in [0.15, 0.2) is 5.76 Å². The van der Waals surface area contributed by atoms with Crippen LogP contribution in [0.4, 0.5) is 13.2 Å². The third-order valence-electron chi connectivity index (χ3n) is 5.87. The minimum absolute atomic E-state index is 0.0561. The van der Waals surface area contributed by atoms with Crippen LogP contribution in [0, 0.1) is 0 Å². The van der Waals surface area contributed by atoms with E-state index < -0.39 is 18.0 Å². The van der Waals surface area contributed by atoms with Gasteiger partial charge >= 0.3 is 6.18 Å². The number of alkyl halides is 3. The summed E-state index contributed by atoms with van der Waals surface area (Å²) in [5.41, 5.74) is 1.56. The molecule has 0 radical (unpaired) electrons. The number of aliphatic hydroxyl groups excluding tert-OH is 1. The molecule has 2 aromatic carbocycles. The summed E-state index contributed by atoms with van der Waals surface area (Å²) >= 11 is 0. The highest BCUT2D eigenvalue weighted by Gasteiger charge is 2.33. The number of hydrogen-bond acceptors (Lipinski definition) is 5. The molecule has 2 aliphatic rings. The Morgan fingerprint density at radius 2 is 1.68 bits per heavy atom. The number of ether oxygens (including phenoxy) is 3. The highest BCUT2D eigenvalue weighted by atomic mass is 19.4. The van der Waals surface area contributed by atoms with Gasteiger partial charge in [0.2, 0.25) is 6.29 Å². The quantitative estimate of drug-likeness (QED) is 0.682. The molecule has 2 heterocycles. The average molecular weight is 477 g/mol. The van der Waals surface area contributed by atoms with Gasteiger partial charge in [0.05, 0.1) is 32.0 Å². The molecule has 182 valence electrons. The molecule has 2 aromatic rings. The topological polar surface area (TPSA) is 68.2 Å². The van der Waals surface area contributed by atoms with Crippen LogP contribution in [0.15, 0.2) is 60.4 Å². The molecule has 0 aromatic heterocycles. The normalized spacial score (nSPS) is 21.1. The SMILES string of the molecule is O=C(C1=C[C@H](c2ccc(C(F)(F)F)cc2)C[C@H](OCc2ccc(CO)cc2)O1)N1CCOCC1. The molecule has 4 rings (SSSR count). The van der Waals surface area contributed by atoms with Gasteiger partial charge in [-0.15, -0.1) is 0 Å². The Morgan fingerprint density at radius 1 is 1.03 bits per heavy atom. The van der Waals surface area contributed by atoms with Crippen molar-refractivity contribution in [1.29, 1.82) is 0 Å². The third-order valence-corrected chi connectivity index (χ3v) is 5.87. The van der Waals surface area contributed by atoms with Gasteiger partial charge in [-0.3, -0.25) is 4.79 Å². The molecule has 1 N–H and O–H groups in total. The zero-order chi connectivity index (χ0) is 24.1. The second-order valence-electron chi connectivity index (χ2n) is 8.23. The van der Waals surface area contributed by atoms with Crippen molar-refractivity contribution in [2.75, 3.05) is 26.3 Å². The summed E-state index contributed by atoms with van der Waals surface area (Å²) in [7, 11) is 0.